The quantitative estimate of drug-likeness (QED) is 0.886. The van der Waals surface area contributed by atoms with Gasteiger partial charge in [0, 0.05) is 23.3 Å². The van der Waals surface area contributed by atoms with Crippen molar-refractivity contribution in [2.75, 3.05) is 0 Å². The first-order chi connectivity index (χ1) is 9.77. The zero-order valence-corrected chi connectivity index (χ0v) is 13.2. The van der Waals surface area contributed by atoms with E-state index in [0.29, 0.717) is 18.3 Å². The summed E-state index contributed by atoms with van der Waals surface area (Å²) in [5.74, 6) is 0. The third kappa shape index (κ3) is 4.07. The fourth-order valence-electron chi connectivity index (χ4n) is 1.78. The molecular formula is C14H15BrF3N3. The number of benzene rings is 1. The Morgan fingerprint density at radius 3 is 2.62 bits per heavy atom. The van der Waals surface area contributed by atoms with Gasteiger partial charge in [0.2, 0.25) is 0 Å². The highest BCUT2D eigenvalue weighted by atomic mass is 79.9. The normalized spacial score (nSPS) is 12.1. The molecule has 0 amide bonds. The summed E-state index contributed by atoms with van der Waals surface area (Å²) in [7, 11) is 0. The van der Waals surface area contributed by atoms with Crippen molar-refractivity contribution in [2.24, 2.45) is 0 Å². The van der Waals surface area contributed by atoms with Crippen LogP contribution in [0.4, 0.5) is 13.2 Å². The average molecular weight is 362 g/mol. The predicted octanol–water partition coefficient (Wildman–Crippen LogP) is 4.15. The van der Waals surface area contributed by atoms with Crippen molar-refractivity contribution in [1.29, 1.82) is 0 Å². The lowest BCUT2D eigenvalue weighted by molar-refractivity contribution is -0.138. The lowest BCUT2D eigenvalue weighted by Crippen LogP contribution is -2.22. The number of rotatable bonds is 4. The molecule has 0 unspecified atom stereocenters. The van der Waals surface area contributed by atoms with Gasteiger partial charge >= 0.3 is 6.18 Å². The molecule has 2 rings (SSSR count). The van der Waals surface area contributed by atoms with E-state index in [1.165, 1.54) is 10.7 Å². The van der Waals surface area contributed by atoms with Gasteiger partial charge in [0.1, 0.15) is 0 Å². The summed E-state index contributed by atoms with van der Waals surface area (Å²) in [6.45, 7) is 4.61. The van der Waals surface area contributed by atoms with Gasteiger partial charge in [0.25, 0.3) is 0 Å². The molecule has 0 aliphatic heterocycles. The van der Waals surface area contributed by atoms with E-state index < -0.39 is 11.7 Å². The van der Waals surface area contributed by atoms with Crippen LogP contribution in [0, 0.1) is 0 Å². The molecule has 0 saturated carbocycles. The van der Waals surface area contributed by atoms with E-state index in [4.69, 9.17) is 0 Å². The van der Waals surface area contributed by atoms with E-state index in [0.717, 1.165) is 11.8 Å². The standard InChI is InChI=1S/C14H15BrF3N3/c1-9(2)19-8-10-5-6-21(20-10)11-3-4-13(15)12(7-11)14(16,17)18/h3-7,9,19H,8H2,1-2H3. The molecule has 1 aromatic carbocycles. The van der Waals surface area contributed by atoms with Gasteiger partial charge in [-0.3, -0.25) is 0 Å². The van der Waals surface area contributed by atoms with Gasteiger partial charge in [-0.1, -0.05) is 29.8 Å². The van der Waals surface area contributed by atoms with Crippen LogP contribution in [0.3, 0.4) is 0 Å². The lowest BCUT2D eigenvalue weighted by Gasteiger charge is -2.11. The molecule has 0 bridgehead atoms. The molecule has 0 atom stereocenters. The number of aromatic nitrogens is 2. The van der Waals surface area contributed by atoms with Gasteiger partial charge in [-0.2, -0.15) is 18.3 Å². The minimum Gasteiger partial charge on any atom is -0.309 e. The SMILES string of the molecule is CC(C)NCc1ccn(-c2ccc(Br)c(C(F)(F)F)c2)n1. The van der Waals surface area contributed by atoms with Crippen molar-refractivity contribution in [3.63, 3.8) is 0 Å². The number of hydrogen-bond donors (Lipinski definition) is 1. The zero-order valence-electron chi connectivity index (χ0n) is 11.6. The van der Waals surface area contributed by atoms with E-state index in [-0.39, 0.29) is 4.47 Å². The van der Waals surface area contributed by atoms with Crippen molar-refractivity contribution in [3.05, 3.63) is 46.2 Å². The molecule has 3 nitrogen and oxygen atoms in total. The summed E-state index contributed by atoms with van der Waals surface area (Å²) in [4.78, 5) is 0. The Labute approximate surface area is 129 Å². The Hall–Kier alpha value is -1.34. The van der Waals surface area contributed by atoms with Crippen molar-refractivity contribution in [1.82, 2.24) is 15.1 Å². The van der Waals surface area contributed by atoms with E-state index in [9.17, 15) is 13.2 Å². The topological polar surface area (TPSA) is 29.9 Å². The van der Waals surface area contributed by atoms with Crippen LogP contribution in [0.25, 0.3) is 5.69 Å². The van der Waals surface area contributed by atoms with Crippen molar-refractivity contribution in [2.45, 2.75) is 32.6 Å². The molecular weight excluding hydrogens is 347 g/mol. The zero-order chi connectivity index (χ0) is 15.6. The molecule has 1 N–H and O–H groups in total. The summed E-state index contributed by atoms with van der Waals surface area (Å²) in [5, 5.41) is 7.48. The number of nitrogens with zero attached hydrogens (tertiary/aromatic N) is 2. The third-order valence-electron chi connectivity index (χ3n) is 2.86. The molecule has 1 heterocycles. The van der Waals surface area contributed by atoms with Crippen molar-refractivity contribution >= 4 is 15.9 Å². The average Bonchev–Trinajstić information content (AvgIpc) is 2.84. The van der Waals surface area contributed by atoms with E-state index in [2.05, 4.69) is 26.3 Å². The molecule has 1 aromatic heterocycles. The van der Waals surface area contributed by atoms with Gasteiger partial charge < -0.3 is 5.32 Å². The first kappa shape index (κ1) is 16.0. The predicted molar refractivity (Wildman–Crippen MR) is 78.2 cm³/mol. The van der Waals surface area contributed by atoms with Crippen LogP contribution in [0.15, 0.2) is 34.9 Å². The number of nitrogens with one attached hydrogen (secondary N) is 1. The monoisotopic (exact) mass is 361 g/mol. The van der Waals surface area contributed by atoms with Gasteiger partial charge in [0.05, 0.1) is 16.9 Å². The Morgan fingerprint density at radius 1 is 1.29 bits per heavy atom. The fraction of sp³-hybridized carbons (Fsp3) is 0.357. The van der Waals surface area contributed by atoms with Crippen LogP contribution in [-0.4, -0.2) is 15.8 Å². The van der Waals surface area contributed by atoms with Gasteiger partial charge in [-0.05, 0) is 24.3 Å². The van der Waals surface area contributed by atoms with E-state index in [1.54, 1.807) is 18.3 Å². The summed E-state index contributed by atoms with van der Waals surface area (Å²) in [5.41, 5.74) is 0.443. The minimum absolute atomic E-state index is 0.0209. The van der Waals surface area contributed by atoms with E-state index >= 15 is 0 Å². The molecule has 7 heteroatoms. The Bertz CT molecular complexity index is 620. The minimum atomic E-state index is -4.40. The molecule has 0 spiro atoms. The van der Waals surface area contributed by atoms with Crippen LogP contribution < -0.4 is 5.32 Å². The molecule has 0 radical (unpaired) electrons. The Kier molecular flexibility index (Phi) is 4.73. The molecule has 0 aliphatic rings. The van der Waals surface area contributed by atoms with Crippen LogP contribution >= 0.6 is 15.9 Å². The Balaban J connectivity index is 2.26. The summed E-state index contributed by atoms with van der Waals surface area (Å²) in [6.07, 6.45) is -2.75. The number of halogens is 4. The van der Waals surface area contributed by atoms with Crippen LogP contribution in [0.1, 0.15) is 25.1 Å². The van der Waals surface area contributed by atoms with Gasteiger partial charge in [0.15, 0.2) is 0 Å². The highest BCUT2D eigenvalue weighted by Gasteiger charge is 2.33. The van der Waals surface area contributed by atoms with Gasteiger partial charge in [-0.15, -0.1) is 0 Å². The second-order valence-corrected chi connectivity index (χ2v) is 5.80. The smallest absolute Gasteiger partial charge is 0.309 e. The number of hydrogen-bond acceptors (Lipinski definition) is 2. The van der Waals surface area contributed by atoms with Gasteiger partial charge in [-0.25, -0.2) is 4.68 Å². The first-order valence-corrected chi connectivity index (χ1v) is 7.21. The maximum Gasteiger partial charge on any atom is 0.417 e. The Morgan fingerprint density at radius 2 is 2.00 bits per heavy atom. The number of alkyl halides is 3. The van der Waals surface area contributed by atoms with Crippen molar-refractivity contribution in [3.8, 4) is 5.69 Å². The molecule has 114 valence electrons. The summed E-state index contributed by atoms with van der Waals surface area (Å²) < 4.78 is 40.1. The second kappa shape index (κ2) is 6.19. The first-order valence-electron chi connectivity index (χ1n) is 6.42. The van der Waals surface area contributed by atoms with Crippen LogP contribution in [0.2, 0.25) is 0 Å². The molecule has 0 fully saturated rings. The lowest BCUT2D eigenvalue weighted by atomic mass is 10.2. The largest absolute Gasteiger partial charge is 0.417 e. The summed E-state index contributed by atoms with van der Waals surface area (Å²) in [6, 6.07) is 6.15. The van der Waals surface area contributed by atoms with Crippen LogP contribution in [0.5, 0.6) is 0 Å². The van der Waals surface area contributed by atoms with Crippen LogP contribution in [-0.2, 0) is 12.7 Å². The highest BCUT2D eigenvalue weighted by Crippen LogP contribution is 2.35. The highest BCUT2D eigenvalue weighted by molar-refractivity contribution is 9.10. The fourth-order valence-corrected chi connectivity index (χ4v) is 2.25. The molecule has 0 saturated heterocycles. The van der Waals surface area contributed by atoms with E-state index in [1.807, 2.05) is 13.8 Å². The third-order valence-corrected chi connectivity index (χ3v) is 3.55. The van der Waals surface area contributed by atoms with Crippen molar-refractivity contribution < 1.29 is 13.2 Å². The molecule has 21 heavy (non-hydrogen) atoms. The maximum absolute atomic E-state index is 12.9. The molecule has 2 aromatic rings. The second-order valence-electron chi connectivity index (χ2n) is 4.95. The molecule has 0 aliphatic carbocycles. The maximum atomic E-state index is 12.9. The summed E-state index contributed by atoms with van der Waals surface area (Å²) >= 11 is 2.93.